The van der Waals surface area contributed by atoms with Crippen molar-refractivity contribution >= 4 is 34.9 Å². The number of amides is 1. The summed E-state index contributed by atoms with van der Waals surface area (Å²) in [5, 5.41) is 12.4. The van der Waals surface area contributed by atoms with Gasteiger partial charge in [0.15, 0.2) is 0 Å². The van der Waals surface area contributed by atoms with Crippen LogP contribution in [0, 0.1) is 17.7 Å². The van der Waals surface area contributed by atoms with Crippen LogP contribution in [0.1, 0.15) is 58.1 Å². The van der Waals surface area contributed by atoms with Gasteiger partial charge in [0.2, 0.25) is 5.91 Å². The zero-order valence-corrected chi connectivity index (χ0v) is 20.7. The highest BCUT2D eigenvalue weighted by Gasteiger charge is 2.19. The summed E-state index contributed by atoms with van der Waals surface area (Å²) in [4.78, 5) is 26.3. The van der Waals surface area contributed by atoms with Crippen molar-refractivity contribution in [1.82, 2.24) is 0 Å². The molecule has 2 aromatic rings. The molecule has 2 N–H and O–H groups in total. The third kappa shape index (κ3) is 8.35. The number of anilines is 2. The fraction of sp³-hybridized carbons (Fsp3) is 0.462. The van der Waals surface area contributed by atoms with Gasteiger partial charge in [0.05, 0.1) is 24.2 Å². The molecule has 1 unspecified atom stereocenters. The standard InChI is InChI=1S/C26H34ClFN2O3/c1-16(2)14-30(15-17(3)4)24-9-7-19(18(5)10-26(32)33)11-23(24)29-25(31)12-20-6-8-21(27)13-22(20)28/h6-9,11,13,16-18H,10,12,14-15H2,1-5H3,(H,29,31)(H,32,33). The van der Waals surface area contributed by atoms with Crippen molar-refractivity contribution < 1.29 is 19.1 Å². The molecule has 0 heterocycles. The Labute approximate surface area is 200 Å². The van der Waals surface area contributed by atoms with Crippen molar-refractivity contribution in [2.45, 2.75) is 53.4 Å². The van der Waals surface area contributed by atoms with Gasteiger partial charge in [0.1, 0.15) is 5.82 Å². The molecule has 0 aliphatic heterocycles. The van der Waals surface area contributed by atoms with Crippen LogP contribution >= 0.6 is 11.6 Å². The number of nitrogens with one attached hydrogen (secondary N) is 1. The van der Waals surface area contributed by atoms with E-state index < -0.39 is 11.8 Å². The topological polar surface area (TPSA) is 69.6 Å². The van der Waals surface area contributed by atoms with E-state index in [0.717, 1.165) is 24.3 Å². The van der Waals surface area contributed by atoms with Crippen molar-refractivity contribution in [1.29, 1.82) is 0 Å². The van der Waals surface area contributed by atoms with Crippen molar-refractivity contribution in [2.75, 3.05) is 23.3 Å². The predicted octanol–water partition coefficient (Wildman–Crippen LogP) is 6.36. The molecule has 0 aliphatic carbocycles. The second kappa shape index (κ2) is 12.0. The van der Waals surface area contributed by atoms with Crippen molar-refractivity contribution in [3.05, 3.63) is 58.4 Å². The van der Waals surface area contributed by atoms with Crippen LogP contribution in [0.3, 0.4) is 0 Å². The summed E-state index contributed by atoms with van der Waals surface area (Å²) in [6, 6.07) is 9.96. The van der Waals surface area contributed by atoms with Crippen molar-refractivity contribution in [3.63, 3.8) is 0 Å². The lowest BCUT2D eigenvalue weighted by Crippen LogP contribution is -2.32. The molecule has 1 atom stereocenters. The van der Waals surface area contributed by atoms with Crippen molar-refractivity contribution in [3.8, 4) is 0 Å². The zero-order valence-electron chi connectivity index (χ0n) is 20.0. The molecule has 0 radical (unpaired) electrons. The smallest absolute Gasteiger partial charge is 0.303 e. The average Bonchev–Trinajstić information content (AvgIpc) is 2.68. The van der Waals surface area contributed by atoms with Gasteiger partial charge in [-0.2, -0.15) is 0 Å². The Balaban J connectivity index is 2.40. The normalized spacial score (nSPS) is 12.2. The van der Waals surface area contributed by atoms with Gasteiger partial charge in [-0.1, -0.05) is 58.4 Å². The molecular formula is C26H34ClFN2O3. The van der Waals surface area contributed by atoms with E-state index in [1.54, 1.807) is 6.07 Å². The molecule has 0 aliphatic rings. The van der Waals surface area contributed by atoms with E-state index in [9.17, 15) is 19.1 Å². The largest absolute Gasteiger partial charge is 0.481 e. The van der Waals surface area contributed by atoms with Crippen LogP contribution in [0.25, 0.3) is 0 Å². The number of aliphatic carboxylic acids is 1. The maximum atomic E-state index is 14.2. The molecule has 180 valence electrons. The lowest BCUT2D eigenvalue weighted by molar-refractivity contribution is -0.137. The minimum atomic E-state index is -0.878. The predicted molar refractivity (Wildman–Crippen MR) is 133 cm³/mol. The van der Waals surface area contributed by atoms with E-state index in [4.69, 9.17) is 11.6 Å². The first kappa shape index (κ1) is 26.7. The zero-order chi connectivity index (χ0) is 24.7. The molecule has 0 aromatic heterocycles. The Morgan fingerprint density at radius 3 is 2.21 bits per heavy atom. The monoisotopic (exact) mass is 476 g/mol. The second-order valence-corrected chi connectivity index (χ2v) is 9.87. The van der Waals surface area contributed by atoms with E-state index in [0.29, 0.717) is 17.5 Å². The highest BCUT2D eigenvalue weighted by molar-refractivity contribution is 6.30. The van der Waals surface area contributed by atoms with Gasteiger partial charge in [0, 0.05) is 18.1 Å². The minimum absolute atomic E-state index is 0.00950. The number of halogens is 2. The summed E-state index contributed by atoms with van der Waals surface area (Å²) in [5.41, 5.74) is 2.55. The first-order chi connectivity index (χ1) is 15.5. The number of carbonyl (C=O) groups excluding carboxylic acids is 1. The molecule has 2 rings (SSSR count). The van der Waals surface area contributed by atoms with E-state index in [1.165, 1.54) is 12.1 Å². The summed E-state index contributed by atoms with van der Waals surface area (Å²) in [7, 11) is 0. The summed E-state index contributed by atoms with van der Waals surface area (Å²) < 4.78 is 14.2. The summed E-state index contributed by atoms with van der Waals surface area (Å²) in [6.45, 7) is 12.0. The van der Waals surface area contributed by atoms with Crippen molar-refractivity contribution in [2.24, 2.45) is 11.8 Å². The molecule has 0 fully saturated rings. The van der Waals surface area contributed by atoms with Crippen LogP contribution < -0.4 is 10.2 Å². The number of benzene rings is 2. The molecule has 0 saturated heterocycles. The highest BCUT2D eigenvalue weighted by Crippen LogP contribution is 2.32. The number of carboxylic acids is 1. The molecule has 0 bridgehead atoms. The minimum Gasteiger partial charge on any atom is -0.481 e. The first-order valence-corrected chi connectivity index (χ1v) is 11.7. The molecule has 33 heavy (non-hydrogen) atoms. The Hall–Kier alpha value is -2.60. The molecule has 1 amide bonds. The SMILES string of the molecule is CC(C)CN(CC(C)C)c1ccc(C(C)CC(=O)O)cc1NC(=O)Cc1ccc(Cl)cc1F. The number of hydrogen-bond acceptors (Lipinski definition) is 3. The second-order valence-electron chi connectivity index (χ2n) is 9.43. The van der Waals surface area contributed by atoms with E-state index in [2.05, 4.69) is 37.9 Å². The summed E-state index contributed by atoms with van der Waals surface area (Å²) >= 11 is 5.82. The summed E-state index contributed by atoms with van der Waals surface area (Å²) in [5.74, 6) is -1.17. The number of hydrogen-bond donors (Lipinski definition) is 2. The van der Waals surface area contributed by atoms with Crippen LogP contribution in [0.2, 0.25) is 5.02 Å². The molecular weight excluding hydrogens is 443 g/mol. The Kier molecular flexibility index (Phi) is 9.71. The maximum Gasteiger partial charge on any atom is 0.303 e. The van der Waals surface area contributed by atoms with Crippen LogP contribution in [0.15, 0.2) is 36.4 Å². The van der Waals surface area contributed by atoms with E-state index >= 15 is 0 Å². The van der Waals surface area contributed by atoms with Crippen LogP contribution in [0.5, 0.6) is 0 Å². The van der Waals surface area contributed by atoms with Gasteiger partial charge in [-0.25, -0.2) is 4.39 Å². The van der Waals surface area contributed by atoms with Gasteiger partial charge in [-0.05, 0) is 53.1 Å². The fourth-order valence-corrected chi connectivity index (χ4v) is 3.96. The van der Waals surface area contributed by atoms with Crippen LogP contribution in [-0.2, 0) is 16.0 Å². The highest BCUT2D eigenvalue weighted by atomic mass is 35.5. The third-order valence-electron chi connectivity index (χ3n) is 5.22. The van der Waals surface area contributed by atoms with Gasteiger partial charge in [-0.3, -0.25) is 9.59 Å². The lowest BCUT2D eigenvalue weighted by Gasteiger charge is -2.31. The Morgan fingerprint density at radius 1 is 1.03 bits per heavy atom. The molecule has 0 saturated carbocycles. The lowest BCUT2D eigenvalue weighted by atomic mass is 9.96. The van der Waals surface area contributed by atoms with Gasteiger partial charge in [-0.15, -0.1) is 0 Å². The molecule has 2 aromatic carbocycles. The number of carboxylic acid groups (broad SMARTS) is 1. The number of nitrogens with zero attached hydrogens (tertiary/aromatic N) is 1. The Bertz CT molecular complexity index is 968. The molecule has 7 heteroatoms. The fourth-order valence-electron chi connectivity index (χ4n) is 3.80. The number of carbonyl (C=O) groups is 2. The number of rotatable bonds is 11. The van der Waals surface area contributed by atoms with Gasteiger partial charge >= 0.3 is 5.97 Å². The van der Waals surface area contributed by atoms with Gasteiger partial charge in [0.25, 0.3) is 0 Å². The summed E-state index contributed by atoms with van der Waals surface area (Å²) in [6.07, 6.45) is -0.143. The molecule has 0 spiro atoms. The maximum absolute atomic E-state index is 14.2. The van der Waals surface area contributed by atoms with Crippen LogP contribution in [-0.4, -0.2) is 30.1 Å². The van der Waals surface area contributed by atoms with Gasteiger partial charge < -0.3 is 15.3 Å². The van der Waals surface area contributed by atoms with Crippen LogP contribution in [0.4, 0.5) is 15.8 Å². The first-order valence-electron chi connectivity index (χ1n) is 11.3. The third-order valence-corrected chi connectivity index (χ3v) is 5.46. The van der Waals surface area contributed by atoms with E-state index in [-0.39, 0.29) is 35.3 Å². The Morgan fingerprint density at radius 2 is 1.67 bits per heavy atom. The van der Waals surface area contributed by atoms with E-state index in [1.807, 2.05) is 25.1 Å². The average molecular weight is 477 g/mol. The quantitative estimate of drug-likeness (QED) is 0.396. The molecule has 5 nitrogen and oxygen atoms in total.